The second kappa shape index (κ2) is 16.4. The van der Waals surface area contributed by atoms with Gasteiger partial charge >= 0.3 is 11.9 Å². The lowest BCUT2D eigenvalue weighted by Gasteiger charge is -2.06. The monoisotopic (exact) mass is 742 g/mol. The van der Waals surface area contributed by atoms with Crippen LogP contribution in [0.1, 0.15) is 95.7 Å². The summed E-state index contributed by atoms with van der Waals surface area (Å²) >= 11 is 0. The summed E-state index contributed by atoms with van der Waals surface area (Å²) in [6, 6.07) is 28.9. The molecular formula is C48H46N4O4. The summed E-state index contributed by atoms with van der Waals surface area (Å²) in [7, 11) is 2.81. The molecule has 5 heterocycles. The summed E-state index contributed by atoms with van der Waals surface area (Å²) in [5, 5.41) is 0. The number of esters is 2. The van der Waals surface area contributed by atoms with Crippen LogP contribution in [0.3, 0.4) is 0 Å². The van der Waals surface area contributed by atoms with Gasteiger partial charge in [-0.15, -0.1) is 0 Å². The number of hydrogen-bond donors (Lipinski definition) is 2. The maximum atomic E-state index is 12.4. The third-order valence-corrected chi connectivity index (χ3v) is 10.7. The molecule has 0 fully saturated rings. The molecule has 8 heteroatoms. The lowest BCUT2D eigenvalue weighted by atomic mass is 9.98. The molecule has 8 bridgehead atoms. The number of rotatable bonds is 10. The normalized spacial score (nSPS) is 13.0. The summed E-state index contributed by atoms with van der Waals surface area (Å²) < 4.78 is 10.0. The van der Waals surface area contributed by atoms with Crippen LogP contribution in [0.15, 0.2) is 84.9 Å². The Hall–Kier alpha value is -6.54. The molecule has 0 saturated carbocycles. The zero-order chi connectivity index (χ0) is 39.3. The zero-order valence-corrected chi connectivity index (χ0v) is 32.7. The van der Waals surface area contributed by atoms with Gasteiger partial charge < -0.3 is 19.4 Å². The van der Waals surface area contributed by atoms with Crippen LogP contribution >= 0.6 is 0 Å². The van der Waals surface area contributed by atoms with E-state index in [0.717, 1.165) is 101 Å². The third kappa shape index (κ3) is 7.96. The van der Waals surface area contributed by atoms with Crippen molar-refractivity contribution in [3.63, 3.8) is 0 Å². The van der Waals surface area contributed by atoms with Crippen molar-refractivity contribution < 1.29 is 19.1 Å². The highest BCUT2D eigenvalue weighted by Gasteiger charge is 2.23. The number of nitrogens with one attached hydrogen (secondary N) is 2. The Balaban J connectivity index is 1.55. The molecule has 2 N–H and O–H groups in total. The summed E-state index contributed by atoms with van der Waals surface area (Å²) in [4.78, 5) is 42.7. The van der Waals surface area contributed by atoms with Crippen molar-refractivity contribution in [2.75, 3.05) is 14.2 Å². The second-order valence-electron chi connectivity index (χ2n) is 14.2. The first-order chi connectivity index (χ1) is 27.1. The molecule has 7 rings (SSSR count). The number of H-pyrrole nitrogens is 2. The first-order valence-electron chi connectivity index (χ1n) is 18.9. The number of aryl methyl sites for hydroxylation is 2. The van der Waals surface area contributed by atoms with Crippen molar-refractivity contribution in [2.45, 2.75) is 53.4 Å². The molecule has 56 heavy (non-hydrogen) atoms. The summed E-state index contributed by atoms with van der Waals surface area (Å²) in [5.41, 5.74) is 17.2. The van der Waals surface area contributed by atoms with E-state index in [4.69, 9.17) is 19.4 Å². The first-order valence-corrected chi connectivity index (χ1v) is 18.9. The van der Waals surface area contributed by atoms with Crippen LogP contribution in [0.25, 0.3) is 68.7 Å². The van der Waals surface area contributed by atoms with Crippen LogP contribution in [0.2, 0.25) is 0 Å². The standard InChI is InChI=1S/C48H46N4O4/c1-29-35(19-17-33-13-9-7-10-14-33)43-26-41-30(2)36(20-18-34-15-11-8-12-16-34)44(51-41)27-42-32(4)38(22-24-48(54)56-6)46(52-42)28-45-37(21-23-47(53)55-5)31(3)40(50-45)25-39(29)49-43/h7-20,25-28,49,51H,21-24H2,1-6H3/b19-17+,20-18+,39-25?,40-25?,41-26?,42-27?,43-26?,44-27?,45-28?,46-28?. The Morgan fingerprint density at radius 3 is 1.39 bits per heavy atom. The molecule has 8 nitrogen and oxygen atoms in total. The molecule has 0 amide bonds. The predicted octanol–water partition coefficient (Wildman–Crippen LogP) is 11.0. The zero-order valence-electron chi connectivity index (χ0n) is 32.7. The van der Waals surface area contributed by atoms with Gasteiger partial charge in [0.2, 0.25) is 0 Å². The van der Waals surface area contributed by atoms with Crippen molar-refractivity contribution in [1.29, 1.82) is 0 Å². The van der Waals surface area contributed by atoms with Crippen LogP contribution in [-0.2, 0) is 19.1 Å². The number of ether oxygens (including phenoxy) is 2. The van der Waals surface area contributed by atoms with E-state index in [1.165, 1.54) is 14.2 Å². The van der Waals surface area contributed by atoms with E-state index >= 15 is 0 Å². The Morgan fingerprint density at radius 1 is 0.536 bits per heavy atom. The molecule has 0 atom stereocenters. The van der Waals surface area contributed by atoms with Gasteiger partial charge in [0.15, 0.2) is 0 Å². The van der Waals surface area contributed by atoms with Crippen LogP contribution in [0, 0.1) is 13.8 Å². The molecule has 0 aliphatic carbocycles. The van der Waals surface area contributed by atoms with Gasteiger partial charge in [0.25, 0.3) is 0 Å². The van der Waals surface area contributed by atoms with E-state index in [-0.39, 0.29) is 24.8 Å². The van der Waals surface area contributed by atoms with Gasteiger partial charge in [0.1, 0.15) is 0 Å². The van der Waals surface area contributed by atoms with Crippen molar-refractivity contribution in [2.24, 2.45) is 0 Å². The summed E-state index contributed by atoms with van der Waals surface area (Å²) in [5.74, 6) is -0.573. The third-order valence-electron chi connectivity index (χ3n) is 10.7. The fourth-order valence-electron chi connectivity index (χ4n) is 7.35. The topological polar surface area (TPSA) is 110 Å². The maximum Gasteiger partial charge on any atom is 0.305 e. The molecular weight excluding hydrogens is 697 g/mol. The van der Waals surface area contributed by atoms with Crippen LogP contribution < -0.4 is 0 Å². The number of allylic oxidation sites excluding steroid dienone is 4. The number of fused-ring (bicyclic) bond motifs is 8. The van der Waals surface area contributed by atoms with Crippen molar-refractivity contribution in [1.82, 2.24) is 19.9 Å². The quantitative estimate of drug-likeness (QED) is 0.138. The van der Waals surface area contributed by atoms with Crippen molar-refractivity contribution >= 4 is 80.6 Å². The van der Waals surface area contributed by atoms with Crippen LogP contribution in [0.5, 0.6) is 0 Å². The molecule has 3 aromatic heterocycles. The smallest absolute Gasteiger partial charge is 0.305 e. The highest BCUT2D eigenvalue weighted by molar-refractivity contribution is 5.98. The van der Waals surface area contributed by atoms with Crippen molar-refractivity contribution in [3.8, 4) is 0 Å². The minimum atomic E-state index is -0.287. The maximum absolute atomic E-state index is 12.4. The number of nitrogens with zero attached hydrogens (tertiary/aromatic N) is 2. The Morgan fingerprint density at radius 2 is 0.946 bits per heavy atom. The Kier molecular flexibility index (Phi) is 11.1. The highest BCUT2D eigenvalue weighted by atomic mass is 16.5. The van der Waals surface area contributed by atoms with Gasteiger partial charge in [-0.05, 0) is 109 Å². The molecule has 0 spiro atoms. The van der Waals surface area contributed by atoms with E-state index in [1.54, 1.807) is 0 Å². The summed E-state index contributed by atoms with van der Waals surface area (Å²) in [6.07, 6.45) is 9.92. The SMILES string of the molecule is COC(=O)CCC1=C(C)c2cc3[nH]c(cc4[nH]c(cc5nc(cc1n2)C(CCC(=O)OC)=C5C)c(/C=C/c1ccccc1)c4C)c(/C=C/c1ccccc1)c3C. The second-order valence-corrected chi connectivity index (χ2v) is 14.2. The van der Waals surface area contributed by atoms with E-state index in [2.05, 4.69) is 97.5 Å². The van der Waals surface area contributed by atoms with Gasteiger partial charge in [-0.1, -0.05) is 85.0 Å². The average molecular weight is 743 g/mol. The lowest BCUT2D eigenvalue weighted by molar-refractivity contribution is -0.141. The van der Waals surface area contributed by atoms with Crippen LogP contribution in [-0.4, -0.2) is 46.1 Å². The fourth-order valence-corrected chi connectivity index (χ4v) is 7.35. The van der Waals surface area contributed by atoms with Gasteiger partial charge in [0, 0.05) is 46.0 Å². The van der Waals surface area contributed by atoms with E-state index in [9.17, 15) is 9.59 Å². The van der Waals surface area contributed by atoms with E-state index in [0.29, 0.717) is 12.8 Å². The van der Waals surface area contributed by atoms with Gasteiger partial charge in [0.05, 0.1) is 37.0 Å². The first kappa shape index (κ1) is 37.8. The highest BCUT2D eigenvalue weighted by Crippen LogP contribution is 2.38. The predicted molar refractivity (Wildman–Crippen MR) is 229 cm³/mol. The Bertz CT molecular complexity index is 2620. The molecule has 0 saturated heterocycles. The minimum Gasteiger partial charge on any atom is -0.469 e. The average Bonchev–Trinajstić information content (AvgIpc) is 3.87. The number of carbonyl (C=O) groups excluding carboxylic acids is 2. The molecule has 0 radical (unpaired) electrons. The number of aromatic nitrogens is 4. The molecule has 2 aliphatic rings. The van der Waals surface area contributed by atoms with Gasteiger partial charge in [-0.25, -0.2) is 9.97 Å². The molecule has 2 aromatic carbocycles. The molecule has 282 valence electrons. The lowest BCUT2D eigenvalue weighted by Crippen LogP contribution is -2.01. The number of carbonyl (C=O) groups is 2. The molecule has 0 unspecified atom stereocenters. The largest absolute Gasteiger partial charge is 0.469 e. The van der Waals surface area contributed by atoms with Crippen LogP contribution in [0.4, 0.5) is 0 Å². The number of hydrogen-bond acceptors (Lipinski definition) is 6. The number of benzene rings is 2. The van der Waals surface area contributed by atoms with Gasteiger partial charge in [-0.2, -0.15) is 0 Å². The number of aromatic amines is 2. The fraction of sp³-hybridized carbons (Fsp3) is 0.208. The Labute approximate surface area is 327 Å². The van der Waals surface area contributed by atoms with E-state index in [1.807, 2.05) is 49.4 Å². The van der Waals surface area contributed by atoms with E-state index < -0.39 is 0 Å². The number of methoxy groups -OCH3 is 2. The molecule has 2 aliphatic heterocycles. The summed E-state index contributed by atoms with van der Waals surface area (Å²) in [6.45, 7) is 8.37. The molecule has 5 aromatic rings. The van der Waals surface area contributed by atoms with Gasteiger partial charge in [-0.3, -0.25) is 9.59 Å². The minimum absolute atomic E-state index is 0.214. The van der Waals surface area contributed by atoms with Crippen molar-refractivity contribution in [3.05, 3.63) is 141 Å².